The van der Waals surface area contributed by atoms with Crippen LogP contribution in [-0.2, 0) is 32.7 Å². The lowest BCUT2D eigenvalue weighted by Gasteiger charge is -2.20. The molecule has 0 spiro atoms. The van der Waals surface area contributed by atoms with Gasteiger partial charge in [-0.1, -0.05) is 30.3 Å². The van der Waals surface area contributed by atoms with Crippen molar-refractivity contribution in [3.63, 3.8) is 0 Å². The Kier molecular flexibility index (Phi) is 5.23. The normalized spacial score (nSPS) is 16.1. The maximum atomic E-state index is 12.8. The van der Waals surface area contributed by atoms with Crippen LogP contribution in [0, 0.1) is 0 Å². The van der Waals surface area contributed by atoms with E-state index in [-0.39, 0.29) is 9.79 Å². The van der Waals surface area contributed by atoms with Gasteiger partial charge in [0.05, 0.1) is 4.90 Å². The highest BCUT2D eigenvalue weighted by molar-refractivity contribution is 7.93. The molecule has 1 unspecified atom stereocenters. The predicted molar refractivity (Wildman–Crippen MR) is 101 cm³/mol. The van der Waals surface area contributed by atoms with Crippen molar-refractivity contribution in [2.45, 2.75) is 48.4 Å². The van der Waals surface area contributed by atoms with Gasteiger partial charge in [-0.2, -0.15) is 0 Å². The Labute approximate surface area is 155 Å². The highest BCUT2D eigenvalue weighted by Gasteiger charge is 2.25. The van der Waals surface area contributed by atoms with Gasteiger partial charge in [0, 0.05) is 12.3 Å². The maximum absolute atomic E-state index is 12.8. The minimum Gasteiger partial charge on any atom is -0.224 e. The van der Waals surface area contributed by atoms with Gasteiger partial charge in [0.15, 0.2) is 9.84 Å². The fraction of sp³-hybridized carbons (Fsp3) is 0.368. The van der Waals surface area contributed by atoms with Crippen LogP contribution < -0.4 is 4.72 Å². The Hall–Kier alpha value is -1.70. The molecule has 0 aromatic heterocycles. The number of sulfonamides is 1. The zero-order chi connectivity index (χ0) is 18.9. The molecule has 0 radical (unpaired) electrons. The lowest BCUT2D eigenvalue weighted by atomic mass is 9.89. The smallest absolute Gasteiger partial charge is 0.224 e. The molecule has 1 atom stereocenters. The summed E-state index contributed by atoms with van der Waals surface area (Å²) in [5.74, 6) is 0. The van der Waals surface area contributed by atoms with E-state index in [0.717, 1.165) is 31.1 Å². The molecule has 0 saturated carbocycles. The number of sulfone groups is 1. The average Bonchev–Trinajstić information content (AvgIpc) is 2.60. The lowest BCUT2D eigenvalue weighted by molar-refractivity contribution is 0.561. The van der Waals surface area contributed by atoms with Gasteiger partial charge >= 0.3 is 0 Å². The van der Waals surface area contributed by atoms with E-state index in [9.17, 15) is 16.8 Å². The van der Waals surface area contributed by atoms with Crippen molar-refractivity contribution in [3.05, 3.63) is 59.2 Å². The quantitative estimate of drug-likeness (QED) is 0.847. The van der Waals surface area contributed by atoms with Crippen LogP contribution >= 0.6 is 0 Å². The van der Waals surface area contributed by atoms with Crippen molar-refractivity contribution >= 4 is 19.9 Å². The third kappa shape index (κ3) is 4.00. The summed E-state index contributed by atoms with van der Waals surface area (Å²) < 4.78 is 52.1. The molecule has 1 N–H and O–H groups in total. The first kappa shape index (κ1) is 19.1. The SMILES string of the molecule is CC(NS(=O)(=O)c1ccccc1S(C)(=O)=O)c1ccc2c(c1)CCCC2. The van der Waals surface area contributed by atoms with E-state index in [1.54, 1.807) is 6.92 Å². The van der Waals surface area contributed by atoms with Gasteiger partial charge in [0.1, 0.15) is 4.90 Å². The molecule has 7 heteroatoms. The van der Waals surface area contributed by atoms with Crippen molar-refractivity contribution in [1.29, 1.82) is 0 Å². The van der Waals surface area contributed by atoms with Gasteiger partial charge in [0.2, 0.25) is 10.0 Å². The van der Waals surface area contributed by atoms with E-state index < -0.39 is 25.9 Å². The second-order valence-corrected chi connectivity index (χ2v) is 10.5. The molecule has 1 aliphatic rings. The van der Waals surface area contributed by atoms with Crippen LogP contribution in [-0.4, -0.2) is 23.1 Å². The third-order valence-corrected chi connectivity index (χ3v) is 7.63. The predicted octanol–water partition coefficient (Wildman–Crippen LogP) is 3.01. The Morgan fingerprint density at radius 1 is 0.885 bits per heavy atom. The second-order valence-electron chi connectivity index (χ2n) is 6.80. The second kappa shape index (κ2) is 7.13. The van der Waals surface area contributed by atoms with Gasteiger partial charge in [-0.3, -0.25) is 0 Å². The van der Waals surface area contributed by atoms with Crippen LogP contribution in [0.25, 0.3) is 0 Å². The molecule has 2 aromatic carbocycles. The third-order valence-electron chi connectivity index (χ3n) is 4.74. The van der Waals surface area contributed by atoms with Crippen LogP contribution in [0.4, 0.5) is 0 Å². The largest absolute Gasteiger partial charge is 0.242 e. The summed E-state index contributed by atoms with van der Waals surface area (Å²) in [4.78, 5) is -0.405. The molecule has 2 aromatic rings. The first-order chi connectivity index (χ1) is 12.2. The fourth-order valence-corrected chi connectivity index (χ4v) is 6.23. The Morgan fingerprint density at radius 3 is 2.15 bits per heavy atom. The van der Waals surface area contributed by atoms with Crippen LogP contribution in [0.3, 0.4) is 0 Å². The number of hydrogen-bond donors (Lipinski definition) is 1. The first-order valence-corrected chi connectivity index (χ1v) is 12.0. The van der Waals surface area contributed by atoms with E-state index in [1.165, 1.54) is 41.8 Å². The zero-order valence-corrected chi connectivity index (χ0v) is 16.5. The molecule has 0 saturated heterocycles. The molecule has 26 heavy (non-hydrogen) atoms. The average molecular weight is 394 g/mol. The molecule has 3 rings (SSSR count). The van der Waals surface area contributed by atoms with E-state index in [1.807, 2.05) is 6.07 Å². The molecular formula is C19H23NO4S2. The number of nitrogens with one attached hydrogen (secondary N) is 1. The molecule has 1 aliphatic carbocycles. The van der Waals surface area contributed by atoms with Crippen LogP contribution in [0.5, 0.6) is 0 Å². The summed E-state index contributed by atoms with van der Waals surface area (Å²) in [6.07, 6.45) is 5.43. The summed E-state index contributed by atoms with van der Waals surface area (Å²) in [6, 6.07) is 11.3. The van der Waals surface area contributed by atoms with Crippen LogP contribution in [0.2, 0.25) is 0 Å². The van der Waals surface area contributed by atoms with Crippen molar-refractivity contribution in [2.75, 3.05) is 6.26 Å². The summed E-state index contributed by atoms with van der Waals surface area (Å²) in [5, 5.41) is 0. The monoisotopic (exact) mass is 393 g/mol. The molecular weight excluding hydrogens is 370 g/mol. The number of fused-ring (bicyclic) bond motifs is 1. The highest BCUT2D eigenvalue weighted by Crippen LogP contribution is 2.27. The molecule has 5 nitrogen and oxygen atoms in total. The standard InChI is InChI=1S/C19H23NO4S2/c1-14(16-12-11-15-7-3-4-8-17(15)13-16)20-26(23,24)19-10-6-5-9-18(19)25(2,21)22/h5-6,9-14,20H,3-4,7-8H2,1-2H3. The Morgan fingerprint density at radius 2 is 1.50 bits per heavy atom. The van der Waals surface area contributed by atoms with Crippen molar-refractivity contribution in [3.8, 4) is 0 Å². The van der Waals surface area contributed by atoms with E-state index in [4.69, 9.17) is 0 Å². The van der Waals surface area contributed by atoms with E-state index in [2.05, 4.69) is 16.9 Å². The Bertz CT molecular complexity index is 1030. The van der Waals surface area contributed by atoms with Crippen LogP contribution in [0.1, 0.15) is 42.5 Å². The summed E-state index contributed by atoms with van der Waals surface area (Å²) in [6.45, 7) is 1.77. The summed E-state index contributed by atoms with van der Waals surface area (Å²) in [7, 11) is -7.62. The van der Waals surface area contributed by atoms with E-state index in [0.29, 0.717) is 0 Å². The highest BCUT2D eigenvalue weighted by atomic mass is 32.2. The number of hydrogen-bond acceptors (Lipinski definition) is 4. The van der Waals surface area contributed by atoms with Crippen molar-refractivity contribution in [1.82, 2.24) is 4.72 Å². The molecule has 0 fully saturated rings. The molecule has 0 amide bonds. The minimum absolute atomic E-state index is 0.190. The fourth-order valence-electron chi connectivity index (χ4n) is 3.37. The van der Waals surface area contributed by atoms with Gasteiger partial charge in [-0.15, -0.1) is 0 Å². The topological polar surface area (TPSA) is 80.3 Å². The zero-order valence-electron chi connectivity index (χ0n) is 14.9. The number of aryl methyl sites for hydroxylation is 2. The maximum Gasteiger partial charge on any atom is 0.242 e. The first-order valence-electron chi connectivity index (χ1n) is 8.61. The molecule has 0 bridgehead atoms. The summed E-state index contributed by atoms with van der Waals surface area (Å²) >= 11 is 0. The van der Waals surface area contributed by atoms with Crippen molar-refractivity contribution < 1.29 is 16.8 Å². The molecule has 0 heterocycles. The van der Waals surface area contributed by atoms with Crippen LogP contribution in [0.15, 0.2) is 52.3 Å². The van der Waals surface area contributed by atoms with Gasteiger partial charge in [-0.25, -0.2) is 21.6 Å². The minimum atomic E-state index is -3.97. The Balaban J connectivity index is 1.91. The van der Waals surface area contributed by atoms with Crippen molar-refractivity contribution in [2.24, 2.45) is 0 Å². The molecule has 0 aliphatic heterocycles. The van der Waals surface area contributed by atoms with Gasteiger partial charge < -0.3 is 0 Å². The van der Waals surface area contributed by atoms with Gasteiger partial charge in [0.25, 0.3) is 0 Å². The number of benzene rings is 2. The van der Waals surface area contributed by atoms with E-state index >= 15 is 0 Å². The van der Waals surface area contributed by atoms with Gasteiger partial charge in [-0.05, 0) is 61.4 Å². The summed E-state index contributed by atoms with van der Waals surface area (Å²) in [5.41, 5.74) is 3.49. The number of rotatable bonds is 5. The molecule has 140 valence electrons. The lowest BCUT2D eigenvalue weighted by Crippen LogP contribution is -2.28.